The molecule has 1 saturated carbocycles. The van der Waals surface area contributed by atoms with Crippen molar-refractivity contribution in [2.45, 2.75) is 31.6 Å². The van der Waals surface area contributed by atoms with Crippen LogP contribution in [0.1, 0.15) is 42.7 Å². The molecule has 0 unspecified atom stereocenters. The average Bonchev–Trinajstić information content (AvgIpc) is 3.08. The summed E-state index contributed by atoms with van der Waals surface area (Å²) in [5, 5.41) is 12.2. The molecule has 1 aliphatic carbocycles. The van der Waals surface area contributed by atoms with Gasteiger partial charge in [-0.15, -0.1) is 10.2 Å². The average molecular weight is 281 g/mol. The number of hydrogen-bond donors (Lipinski definition) is 0. The largest absolute Gasteiger partial charge is 0.339 e. The highest BCUT2D eigenvalue weighted by molar-refractivity contribution is 5.32. The fraction of sp³-hybridized carbons (Fsp3) is 0.333. The predicted molar refractivity (Wildman–Crippen MR) is 75.1 cm³/mol. The van der Waals surface area contributed by atoms with Crippen LogP contribution in [0.2, 0.25) is 0 Å². The van der Waals surface area contributed by atoms with Gasteiger partial charge in [0.15, 0.2) is 5.82 Å². The molecule has 0 aliphatic heterocycles. The smallest absolute Gasteiger partial charge is 0.229 e. The maximum atomic E-state index is 5.34. The van der Waals surface area contributed by atoms with Crippen LogP contribution < -0.4 is 0 Å². The number of hydrogen-bond acceptors (Lipinski definition) is 5. The first kappa shape index (κ1) is 12.3. The second-order valence-corrected chi connectivity index (χ2v) is 5.31. The van der Waals surface area contributed by atoms with Crippen LogP contribution in [0, 0.1) is 0 Å². The molecule has 0 bridgehead atoms. The van der Waals surface area contributed by atoms with Crippen molar-refractivity contribution in [3.8, 4) is 5.69 Å². The van der Waals surface area contributed by atoms with Crippen LogP contribution in [0.3, 0.4) is 0 Å². The van der Waals surface area contributed by atoms with Crippen LogP contribution >= 0.6 is 0 Å². The lowest BCUT2D eigenvalue weighted by Crippen LogP contribution is -2.09. The Morgan fingerprint density at radius 2 is 2.05 bits per heavy atom. The quantitative estimate of drug-likeness (QED) is 0.735. The van der Waals surface area contributed by atoms with Gasteiger partial charge in [0.05, 0.1) is 6.42 Å². The van der Waals surface area contributed by atoms with Gasteiger partial charge >= 0.3 is 0 Å². The molecule has 3 aromatic rings. The molecule has 106 valence electrons. The summed E-state index contributed by atoms with van der Waals surface area (Å²) in [6, 6.07) is 9.99. The fourth-order valence-electron chi connectivity index (χ4n) is 2.49. The molecule has 1 aromatic carbocycles. The molecule has 0 atom stereocenters. The highest BCUT2D eigenvalue weighted by Crippen LogP contribution is 2.35. The zero-order valence-electron chi connectivity index (χ0n) is 11.5. The molecule has 6 heteroatoms. The molecule has 0 amide bonds. The van der Waals surface area contributed by atoms with Crippen LogP contribution in [-0.2, 0) is 6.42 Å². The van der Waals surface area contributed by atoms with Crippen molar-refractivity contribution in [2.24, 2.45) is 0 Å². The van der Waals surface area contributed by atoms with E-state index in [2.05, 4.69) is 20.3 Å². The molecule has 1 fully saturated rings. The highest BCUT2D eigenvalue weighted by atomic mass is 16.5. The molecule has 4 rings (SSSR count). The molecule has 0 spiro atoms. The van der Waals surface area contributed by atoms with Crippen LogP contribution in [0.5, 0.6) is 0 Å². The Morgan fingerprint density at radius 1 is 1.19 bits per heavy atom. The molecule has 2 aromatic heterocycles. The van der Waals surface area contributed by atoms with Crippen molar-refractivity contribution in [1.82, 2.24) is 24.9 Å². The van der Waals surface area contributed by atoms with E-state index in [0.29, 0.717) is 18.2 Å². The van der Waals surface area contributed by atoms with Crippen molar-refractivity contribution in [1.29, 1.82) is 0 Å². The van der Waals surface area contributed by atoms with Gasteiger partial charge in [-0.25, -0.2) is 0 Å². The summed E-state index contributed by atoms with van der Waals surface area (Å²) < 4.78 is 7.29. The lowest BCUT2D eigenvalue weighted by molar-refractivity contribution is 0.291. The molecule has 6 nitrogen and oxygen atoms in total. The summed E-state index contributed by atoms with van der Waals surface area (Å²) in [4.78, 5) is 4.48. The second kappa shape index (κ2) is 5.12. The van der Waals surface area contributed by atoms with Crippen molar-refractivity contribution < 1.29 is 4.52 Å². The monoisotopic (exact) mass is 281 g/mol. The molecular formula is C15H15N5O. The molecule has 0 radical (unpaired) electrons. The van der Waals surface area contributed by atoms with Gasteiger partial charge in [-0.05, 0) is 25.0 Å². The van der Waals surface area contributed by atoms with E-state index in [4.69, 9.17) is 4.52 Å². The molecule has 0 N–H and O–H groups in total. The summed E-state index contributed by atoms with van der Waals surface area (Å²) in [5.41, 5.74) is 1.03. The molecular weight excluding hydrogens is 266 g/mol. The third-order valence-electron chi connectivity index (χ3n) is 3.91. The SMILES string of the molecule is c1ccc(-n2cnnc2Cc2noc(C3CCC3)n2)cc1. The van der Waals surface area contributed by atoms with Gasteiger partial charge in [-0.3, -0.25) is 4.57 Å². The lowest BCUT2D eigenvalue weighted by Gasteiger charge is -2.20. The van der Waals surface area contributed by atoms with E-state index in [1.165, 1.54) is 6.42 Å². The van der Waals surface area contributed by atoms with Crippen molar-refractivity contribution in [2.75, 3.05) is 0 Å². The summed E-state index contributed by atoms with van der Waals surface area (Å²) in [7, 11) is 0. The Labute approximate surface area is 121 Å². The second-order valence-electron chi connectivity index (χ2n) is 5.31. The standard InChI is InChI=1S/C15H15N5O/c1-2-7-12(8-3-1)20-10-16-18-14(20)9-13-17-15(21-19-13)11-5-4-6-11/h1-3,7-8,10-11H,4-6,9H2. The maximum absolute atomic E-state index is 5.34. The molecule has 2 heterocycles. The van der Waals surface area contributed by atoms with Crippen LogP contribution in [0.15, 0.2) is 41.2 Å². The Bertz CT molecular complexity index is 729. The molecule has 21 heavy (non-hydrogen) atoms. The predicted octanol–water partition coefficient (Wildman–Crippen LogP) is 2.51. The van der Waals surface area contributed by atoms with E-state index in [1.54, 1.807) is 6.33 Å². The number of para-hydroxylation sites is 1. The van der Waals surface area contributed by atoms with E-state index >= 15 is 0 Å². The summed E-state index contributed by atoms with van der Waals surface area (Å²) in [5.74, 6) is 2.70. The third kappa shape index (κ3) is 2.33. The van der Waals surface area contributed by atoms with Gasteiger partial charge in [-0.2, -0.15) is 4.98 Å². The first-order chi connectivity index (χ1) is 10.4. The summed E-state index contributed by atoms with van der Waals surface area (Å²) in [6.07, 6.45) is 5.79. The molecule has 0 saturated heterocycles. The van der Waals surface area contributed by atoms with Gasteiger partial charge < -0.3 is 4.52 Å². The topological polar surface area (TPSA) is 69.6 Å². The minimum Gasteiger partial charge on any atom is -0.339 e. The fourth-order valence-corrected chi connectivity index (χ4v) is 2.49. The van der Waals surface area contributed by atoms with Gasteiger partial charge in [0.1, 0.15) is 12.2 Å². The van der Waals surface area contributed by atoms with Gasteiger partial charge in [0, 0.05) is 11.6 Å². The first-order valence-corrected chi connectivity index (χ1v) is 7.17. The normalized spacial score (nSPS) is 15.0. The Hall–Kier alpha value is -2.50. The third-order valence-corrected chi connectivity index (χ3v) is 3.91. The van der Waals surface area contributed by atoms with Crippen LogP contribution in [-0.4, -0.2) is 24.9 Å². The van der Waals surface area contributed by atoms with Crippen LogP contribution in [0.25, 0.3) is 5.69 Å². The number of nitrogens with zero attached hydrogens (tertiary/aromatic N) is 5. The zero-order valence-corrected chi connectivity index (χ0v) is 11.5. The Morgan fingerprint density at radius 3 is 2.81 bits per heavy atom. The van der Waals surface area contributed by atoms with Gasteiger partial charge in [-0.1, -0.05) is 29.8 Å². The van der Waals surface area contributed by atoms with Crippen molar-refractivity contribution in [3.63, 3.8) is 0 Å². The highest BCUT2D eigenvalue weighted by Gasteiger charge is 2.25. The van der Waals surface area contributed by atoms with E-state index in [0.717, 1.165) is 30.2 Å². The van der Waals surface area contributed by atoms with E-state index in [9.17, 15) is 0 Å². The zero-order chi connectivity index (χ0) is 14.1. The molecule has 1 aliphatic rings. The minimum atomic E-state index is 0.457. The first-order valence-electron chi connectivity index (χ1n) is 7.17. The van der Waals surface area contributed by atoms with Crippen LogP contribution in [0.4, 0.5) is 0 Å². The summed E-state index contributed by atoms with van der Waals surface area (Å²) in [6.45, 7) is 0. The van der Waals surface area contributed by atoms with E-state index in [1.807, 2.05) is 34.9 Å². The number of aromatic nitrogens is 5. The van der Waals surface area contributed by atoms with Crippen molar-refractivity contribution >= 4 is 0 Å². The Kier molecular flexibility index (Phi) is 2.99. The van der Waals surface area contributed by atoms with Crippen molar-refractivity contribution in [3.05, 3.63) is 54.2 Å². The van der Waals surface area contributed by atoms with Gasteiger partial charge in [0.2, 0.25) is 5.89 Å². The number of benzene rings is 1. The number of rotatable bonds is 4. The van der Waals surface area contributed by atoms with E-state index < -0.39 is 0 Å². The minimum absolute atomic E-state index is 0.457. The van der Waals surface area contributed by atoms with E-state index in [-0.39, 0.29) is 0 Å². The van der Waals surface area contributed by atoms with Gasteiger partial charge in [0.25, 0.3) is 0 Å². The summed E-state index contributed by atoms with van der Waals surface area (Å²) >= 11 is 0. The maximum Gasteiger partial charge on any atom is 0.229 e. The Balaban J connectivity index is 1.57. The lowest BCUT2D eigenvalue weighted by atomic mass is 9.85.